The molecule has 28 heavy (non-hydrogen) atoms. The Morgan fingerprint density at radius 3 is 2.46 bits per heavy atom. The van der Waals surface area contributed by atoms with Gasteiger partial charge in [-0.05, 0) is 47.9 Å². The molecule has 3 aromatic rings. The van der Waals surface area contributed by atoms with E-state index in [0.717, 1.165) is 17.2 Å². The number of rotatable bonds is 7. The lowest BCUT2D eigenvalue weighted by Crippen LogP contribution is -2.32. The average molecular weight is 402 g/mol. The highest BCUT2D eigenvalue weighted by atomic mass is 32.2. The normalized spacial score (nSPS) is 11.4. The molecule has 0 spiro atoms. The molecule has 0 atom stereocenters. The van der Waals surface area contributed by atoms with Gasteiger partial charge in [0.1, 0.15) is 11.6 Å². The van der Waals surface area contributed by atoms with Crippen LogP contribution in [-0.2, 0) is 23.0 Å². The van der Waals surface area contributed by atoms with Crippen molar-refractivity contribution in [3.63, 3.8) is 0 Å². The van der Waals surface area contributed by atoms with Gasteiger partial charge in [-0.15, -0.1) is 0 Å². The molecule has 0 unspecified atom stereocenters. The summed E-state index contributed by atoms with van der Waals surface area (Å²) in [5, 5.41) is 0. The maximum atomic E-state index is 14.0. The Balaban J connectivity index is 1.94. The van der Waals surface area contributed by atoms with Gasteiger partial charge in [-0.25, -0.2) is 17.2 Å². The Bertz CT molecular complexity index is 1060. The quantitative estimate of drug-likeness (QED) is 0.592. The largest absolute Gasteiger partial charge is 0.266 e. The molecule has 7 heteroatoms. The summed E-state index contributed by atoms with van der Waals surface area (Å²) >= 11 is 0. The van der Waals surface area contributed by atoms with Gasteiger partial charge in [0.25, 0.3) is 0 Å². The topological polar surface area (TPSA) is 50.3 Å². The van der Waals surface area contributed by atoms with Gasteiger partial charge in [0.15, 0.2) is 0 Å². The summed E-state index contributed by atoms with van der Waals surface area (Å²) in [6.45, 7) is 1.74. The Kier molecular flexibility index (Phi) is 6.04. The van der Waals surface area contributed by atoms with E-state index in [-0.39, 0.29) is 18.7 Å². The zero-order valence-electron chi connectivity index (χ0n) is 15.3. The van der Waals surface area contributed by atoms with Crippen molar-refractivity contribution in [2.75, 3.05) is 10.1 Å². The van der Waals surface area contributed by atoms with E-state index in [9.17, 15) is 17.2 Å². The van der Waals surface area contributed by atoms with Crippen molar-refractivity contribution in [2.24, 2.45) is 0 Å². The second-order valence-electron chi connectivity index (χ2n) is 6.35. The highest BCUT2D eigenvalue weighted by molar-refractivity contribution is 7.92. The second-order valence-corrected chi connectivity index (χ2v) is 8.53. The monoisotopic (exact) mass is 402 g/mol. The van der Waals surface area contributed by atoms with Crippen LogP contribution in [0.5, 0.6) is 0 Å². The summed E-state index contributed by atoms with van der Waals surface area (Å²) in [4.78, 5) is 4.04. The summed E-state index contributed by atoms with van der Waals surface area (Å²) in [5.41, 5.74) is 2.32. The number of anilines is 1. The summed E-state index contributed by atoms with van der Waals surface area (Å²) < 4.78 is 53.8. The SMILES string of the molecule is CCS(=O)(=O)N(Cc1cccnc1)c1cccc(Cc2ccc(F)cc2F)c1. The molecule has 3 rings (SSSR count). The van der Waals surface area contributed by atoms with Crippen molar-refractivity contribution in [3.8, 4) is 0 Å². The minimum Gasteiger partial charge on any atom is -0.266 e. The van der Waals surface area contributed by atoms with Crippen LogP contribution in [-0.4, -0.2) is 19.2 Å². The standard InChI is InChI=1S/C21H20F2N2O2S/c1-2-28(26,27)25(15-17-6-4-10-24-14-17)20-7-3-5-16(12-20)11-18-8-9-19(22)13-21(18)23/h3-10,12-14H,2,11,15H2,1H3. The number of nitrogens with zero attached hydrogens (tertiary/aromatic N) is 2. The fraction of sp³-hybridized carbons (Fsp3) is 0.190. The second kappa shape index (κ2) is 8.48. The molecule has 0 saturated carbocycles. The van der Waals surface area contributed by atoms with Gasteiger partial charge in [0.05, 0.1) is 18.0 Å². The van der Waals surface area contributed by atoms with Gasteiger partial charge in [-0.1, -0.05) is 24.3 Å². The Hall–Kier alpha value is -2.80. The summed E-state index contributed by atoms with van der Waals surface area (Å²) in [6.07, 6.45) is 3.48. The molecule has 0 N–H and O–H groups in total. The number of aromatic nitrogens is 1. The summed E-state index contributed by atoms with van der Waals surface area (Å²) in [7, 11) is -3.53. The molecule has 0 aliphatic carbocycles. The van der Waals surface area contributed by atoms with E-state index >= 15 is 0 Å². The van der Waals surface area contributed by atoms with Crippen molar-refractivity contribution in [1.29, 1.82) is 0 Å². The van der Waals surface area contributed by atoms with E-state index in [1.54, 1.807) is 49.6 Å². The van der Waals surface area contributed by atoms with Gasteiger partial charge in [0.2, 0.25) is 10.0 Å². The average Bonchev–Trinajstić information content (AvgIpc) is 2.69. The molecular weight excluding hydrogens is 382 g/mol. The zero-order valence-corrected chi connectivity index (χ0v) is 16.2. The van der Waals surface area contributed by atoms with Crippen molar-refractivity contribution in [1.82, 2.24) is 4.98 Å². The number of halogens is 2. The number of sulfonamides is 1. The van der Waals surface area contributed by atoms with E-state index in [1.807, 2.05) is 6.07 Å². The van der Waals surface area contributed by atoms with Gasteiger partial charge in [-0.3, -0.25) is 9.29 Å². The third-order valence-corrected chi connectivity index (χ3v) is 6.10. The van der Waals surface area contributed by atoms with E-state index < -0.39 is 21.7 Å². The van der Waals surface area contributed by atoms with E-state index in [2.05, 4.69) is 4.98 Å². The van der Waals surface area contributed by atoms with Crippen LogP contribution in [0.4, 0.5) is 14.5 Å². The fourth-order valence-electron chi connectivity index (χ4n) is 2.87. The number of hydrogen-bond donors (Lipinski definition) is 0. The van der Waals surface area contributed by atoms with Crippen LogP contribution >= 0.6 is 0 Å². The van der Waals surface area contributed by atoms with Crippen LogP contribution in [0.1, 0.15) is 23.6 Å². The van der Waals surface area contributed by atoms with Crippen molar-refractivity contribution < 1.29 is 17.2 Å². The zero-order chi connectivity index (χ0) is 20.1. The first-order chi connectivity index (χ1) is 13.4. The molecule has 0 aliphatic rings. The Morgan fingerprint density at radius 2 is 1.79 bits per heavy atom. The van der Waals surface area contributed by atoms with Crippen molar-refractivity contribution >= 4 is 15.7 Å². The Morgan fingerprint density at radius 1 is 1.00 bits per heavy atom. The molecule has 146 valence electrons. The van der Waals surface area contributed by atoms with E-state index in [1.165, 1.54) is 16.4 Å². The first-order valence-corrected chi connectivity index (χ1v) is 10.4. The molecule has 0 aliphatic heterocycles. The summed E-state index contributed by atoms with van der Waals surface area (Å²) in [5.74, 6) is -1.31. The molecule has 0 bridgehead atoms. The van der Waals surface area contributed by atoms with E-state index in [0.29, 0.717) is 11.3 Å². The lowest BCUT2D eigenvalue weighted by Gasteiger charge is -2.24. The highest BCUT2D eigenvalue weighted by Gasteiger charge is 2.21. The van der Waals surface area contributed by atoms with Gasteiger partial charge in [-0.2, -0.15) is 0 Å². The molecule has 0 amide bonds. The first-order valence-electron chi connectivity index (χ1n) is 8.81. The van der Waals surface area contributed by atoms with Gasteiger partial charge < -0.3 is 0 Å². The predicted octanol–water partition coefficient (Wildman–Crippen LogP) is 4.31. The van der Waals surface area contributed by atoms with Crippen LogP contribution in [0.15, 0.2) is 67.0 Å². The minimum absolute atomic E-state index is 0.0515. The summed E-state index contributed by atoms with van der Waals surface area (Å²) in [6, 6.07) is 13.9. The minimum atomic E-state index is -3.53. The smallest absolute Gasteiger partial charge is 0.235 e. The molecule has 4 nitrogen and oxygen atoms in total. The number of pyridine rings is 1. The van der Waals surface area contributed by atoms with Crippen LogP contribution in [0.25, 0.3) is 0 Å². The maximum absolute atomic E-state index is 14.0. The van der Waals surface area contributed by atoms with Crippen LogP contribution < -0.4 is 4.31 Å². The molecule has 0 saturated heterocycles. The third kappa shape index (κ3) is 4.72. The van der Waals surface area contributed by atoms with E-state index in [4.69, 9.17) is 0 Å². The molecule has 2 aromatic carbocycles. The first kappa shape index (κ1) is 19.9. The molecule has 1 aromatic heterocycles. The lowest BCUT2D eigenvalue weighted by atomic mass is 10.0. The molecular formula is C21H20F2N2O2S. The number of hydrogen-bond acceptors (Lipinski definition) is 3. The fourth-order valence-corrected chi connectivity index (χ4v) is 3.96. The Labute approximate surface area is 163 Å². The van der Waals surface area contributed by atoms with Gasteiger partial charge >= 0.3 is 0 Å². The predicted molar refractivity (Wildman–Crippen MR) is 105 cm³/mol. The van der Waals surface area contributed by atoms with Crippen molar-refractivity contribution in [2.45, 2.75) is 19.9 Å². The van der Waals surface area contributed by atoms with Crippen LogP contribution in [0.3, 0.4) is 0 Å². The molecule has 0 fully saturated rings. The highest BCUT2D eigenvalue weighted by Crippen LogP contribution is 2.24. The van der Waals surface area contributed by atoms with Gasteiger partial charge in [0, 0.05) is 24.9 Å². The third-order valence-electron chi connectivity index (χ3n) is 4.36. The molecule has 0 radical (unpaired) electrons. The van der Waals surface area contributed by atoms with Crippen LogP contribution in [0.2, 0.25) is 0 Å². The van der Waals surface area contributed by atoms with Crippen LogP contribution in [0, 0.1) is 11.6 Å². The van der Waals surface area contributed by atoms with Crippen molar-refractivity contribution in [3.05, 3.63) is 95.3 Å². The number of benzene rings is 2. The maximum Gasteiger partial charge on any atom is 0.235 e. The molecule has 1 heterocycles. The lowest BCUT2D eigenvalue weighted by molar-refractivity contribution is 0.574.